The molecule has 0 aromatic heterocycles. The molecule has 0 unspecified atom stereocenters. The molecule has 22 heavy (non-hydrogen) atoms. The van der Waals surface area contributed by atoms with Crippen molar-refractivity contribution < 1.29 is 8.42 Å². The second-order valence-electron chi connectivity index (χ2n) is 5.59. The predicted molar refractivity (Wildman–Crippen MR) is 91.5 cm³/mol. The van der Waals surface area contributed by atoms with Crippen LogP contribution in [0, 0.1) is 13.8 Å². The minimum atomic E-state index is -3.43. The lowest BCUT2D eigenvalue weighted by Gasteiger charge is -2.17. The number of benzene rings is 2. The van der Waals surface area contributed by atoms with E-state index in [1.807, 2.05) is 32.9 Å². The van der Waals surface area contributed by atoms with Crippen LogP contribution in [0.5, 0.6) is 0 Å². The highest BCUT2D eigenvalue weighted by Gasteiger charge is 2.18. The minimum Gasteiger partial charge on any atom is -0.212 e. The van der Waals surface area contributed by atoms with Gasteiger partial charge in [-0.1, -0.05) is 47.5 Å². The lowest BCUT2D eigenvalue weighted by atomic mass is 10.0. The Kier molecular flexibility index (Phi) is 5.27. The van der Waals surface area contributed by atoms with Gasteiger partial charge in [0.15, 0.2) is 0 Å². The number of aryl methyl sites for hydroxylation is 2. The Balaban J connectivity index is 2.14. The van der Waals surface area contributed by atoms with Gasteiger partial charge in [0.25, 0.3) is 0 Å². The van der Waals surface area contributed by atoms with E-state index in [1.165, 1.54) is 0 Å². The Labute approximate surface area is 137 Å². The van der Waals surface area contributed by atoms with Crippen molar-refractivity contribution >= 4 is 21.6 Å². The van der Waals surface area contributed by atoms with Gasteiger partial charge >= 0.3 is 0 Å². The summed E-state index contributed by atoms with van der Waals surface area (Å²) in [5, 5.41) is 0.537. The van der Waals surface area contributed by atoms with Gasteiger partial charge in [0, 0.05) is 11.1 Å². The molecule has 0 saturated carbocycles. The van der Waals surface area contributed by atoms with Gasteiger partial charge in [-0.15, -0.1) is 0 Å². The predicted octanol–water partition coefficient (Wildman–Crippen LogP) is 4.14. The SMILES string of the molecule is Cc1ccc([C@H](C)NS(=O)(=O)Cc2cccc(Cl)c2)c(C)c1. The van der Waals surface area contributed by atoms with Crippen molar-refractivity contribution in [3.8, 4) is 0 Å². The topological polar surface area (TPSA) is 46.2 Å². The zero-order chi connectivity index (χ0) is 16.3. The Morgan fingerprint density at radius 2 is 1.86 bits per heavy atom. The molecule has 3 nitrogen and oxygen atoms in total. The number of rotatable bonds is 5. The number of halogens is 1. The molecule has 0 amide bonds. The van der Waals surface area contributed by atoms with Gasteiger partial charge in [-0.25, -0.2) is 13.1 Å². The van der Waals surface area contributed by atoms with E-state index in [2.05, 4.69) is 10.8 Å². The van der Waals surface area contributed by atoms with E-state index in [4.69, 9.17) is 11.6 Å². The fourth-order valence-electron chi connectivity index (χ4n) is 2.53. The molecular formula is C17H20ClNO2S. The third-order valence-corrected chi connectivity index (χ3v) is 5.15. The van der Waals surface area contributed by atoms with Crippen LogP contribution >= 0.6 is 11.6 Å². The van der Waals surface area contributed by atoms with Gasteiger partial charge < -0.3 is 0 Å². The quantitative estimate of drug-likeness (QED) is 0.891. The molecule has 1 N–H and O–H groups in total. The van der Waals surface area contributed by atoms with E-state index in [1.54, 1.807) is 24.3 Å². The molecule has 118 valence electrons. The molecule has 0 aliphatic rings. The lowest BCUT2D eigenvalue weighted by Crippen LogP contribution is -2.28. The second kappa shape index (κ2) is 6.82. The molecule has 0 bridgehead atoms. The second-order valence-corrected chi connectivity index (χ2v) is 7.78. The van der Waals surface area contributed by atoms with Crippen LogP contribution in [0.3, 0.4) is 0 Å². The number of sulfonamides is 1. The third-order valence-electron chi connectivity index (χ3n) is 3.49. The van der Waals surface area contributed by atoms with E-state index < -0.39 is 10.0 Å². The summed E-state index contributed by atoms with van der Waals surface area (Å²) < 4.78 is 27.4. The highest BCUT2D eigenvalue weighted by Crippen LogP contribution is 2.20. The van der Waals surface area contributed by atoms with Crippen LogP contribution in [0.1, 0.15) is 35.2 Å². The highest BCUT2D eigenvalue weighted by atomic mass is 35.5. The Hall–Kier alpha value is -1.36. The first-order valence-corrected chi connectivity index (χ1v) is 9.11. The van der Waals surface area contributed by atoms with Crippen LogP contribution in [-0.2, 0) is 15.8 Å². The molecule has 2 rings (SSSR count). The highest BCUT2D eigenvalue weighted by molar-refractivity contribution is 7.88. The van der Waals surface area contributed by atoms with Crippen LogP contribution in [0.4, 0.5) is 0 Å². The summed E-state index contributed by atoms with van der Waals surface area (Å²) in [6.07, 6.45) is 0. The molecule has 2 aromatic rings. The van der Waals surface area contributed by atoms with Gasteiger partial charge in [0.1, 0.15) is 0 Å². The minimum absolute atomic E-state index is 0.0805. The van der Waals surface area contributed by atoms with Crippen LogP contribution in [0.15, 0.2) is 42.5 Å². The molecule has 0 fully saturated rings. The molecule has 0 heterocycles. The van der Waals surface area contributed by atoms with Crippen LogP contribution in [-0.4, -0.2) is 8.42 Å². The normalized spacial score (nSPS) is 13.1. The Morgan fingerprint density at radius 3 is 2.50 bits per heavy atom. The van der Waals surface area contributed by atoms with Crippen LogP contribution < -0.4 is 4.72 Å². The van der Waals surface area contributed by atoms with Crippen molar-refractivity contribution in [2.45, 2.75) is 32.6 Å². The molecule has 0 saturated heterocycles. The fourth-order valence-corrected chi connectivity index (χ4v) is 4.11. The van der Waals surface area contributed by atoms with E-state index >= 15 is 0 Å². The molecule has 0 aliphatic heterocycles. The summed E-state index contributed by atoms with van der Waals surface area (Å²) in [6.45, 7) is 5.86. The van der Waals surface area contributed by atoms with Crippen molar-refractivity contribution in [2.24, 2.45) is 0 Å². The first kappa shape index (κ1) is 17.0. The third kappa shape index (κ3) is 4.57. The average molecular weight is 338 g/mol. The number of hydrogen-bond acceptors (Lipinski definition) is 2. The maximum atomic E-state index is 12.3. The molecule has 0 spiro atoms. The summed E-state index contributed by atoms with van der Waals surface area (Å²) in [5.74, 6) is -0.0805. The maximum Gasteiger partial charge on any atom is 0.216 e. The van der Waals surface area contributed by atoms with E-state index in [9.17, 15) is 8.42 Å². The van der Waals surface area contributed by atoms with Crippen LogP contribution in [0.2, 0.25) is 5.02 Å². The summed E-state index contributed by atoms with van der Waals surface area (Å²) in [7, 11) is -3.43. The van der Waals surface area contributed by atoms with Gasteiger partial charge in [-0.2, -0.15) is 0 Å². The van der Waals surface area contributed by atoms with Gasteiger partial charge in [-0.05, 0) is 49.6 Å². The molecule has 0 aliphatic carbocycles. The molecular weight excluding hydrogens is 318 g/mol. The monoisotopic (exact) mass is 337 g/mol. The molecule has 5 heteroatoms. The summed E-state index contributed by atoms with van der Waals surface area (Å²) in [6, 6.07) is 12.6. The molecule has 2 aromatic carbocycles. The number of hydrogen-bond donors (Lipinski definition) is 1. The molecule has 0 radical (unpaired) electrons. The van der Waals surface area contributed by atoms with Crippen LogP contribution in [0.25, 0.3) is 0 Å². The smallest absolute Gasteiger partial charge is 0.212 e. The Bertz CT molecular complexity index is 772. The van der Waals surface area contributed by atoms with Crippen molar-refractivity contribution in [3.05, 3.63) is 69.7 Å². The molecule has 1 atom stereocenters. The lowest BCUT2D eigenvalue weighted by molar-refractivity contribution is 0.565. The standard InChI is InChI=1S/C17H20ClNO2S/c1-12-7-8-17(13(2)9-12)14(3)19-22(20,21)11-15-5-4-6-16(18)10-15/h4-10,14,19H,11H2,1-3H3/t14-/m0/s1. The average Bonchev–Trinajstić information content (AvgIpc) is 2.36. The first-order chi connectivity index (χ1) is 10.3. The van der Waals surface area contributed by atoms with E-state index in [-0.39, 0.29) is 11.8 Å². The van der Waals surface area contributed by atoms with E-state index in [0.29, 0.717) is 10.6 Å². The largest absolute Gasteiger partial charge is 0.216 e. The summed E-state index contributed by atoms with van der Waals surface area (Å²) >= 11 is 5.90. The van der Waals surface area contributed by atoms with Gasteiger partial charge in [0.2, 0.25) is 10.0 Å². The summed E-state index contributed by atoms with van der Waals surface area (Å²) in [4.78, 5) is 0. The number of nitrogens with one attached hydrogen (secondary N) is 1. The van der Waals surface area contributed by atoms with Crippen molar-refractivity contribution in [1.82, 2.24) is 4.72 Å². The first-order valence-electron chi connectivity index (χ1n) is 7.08. The zero-order valence-electron chi connectivity index (χ0n) is 12.9. The van der Waals surface area contributed by atoms with Crippen molar-refractivity contribution in [1.29, 1.82) is 0 Å². The van der Waals surface area contributed by atoms with Crippen molar-refractivity contribution in [3.63, 3.8) is 0 Å². The fraction of sp³-hybridized carbons (Fsp3) is 0.294. The van der Waals surface area contributed by atoms with Gasteiger partial charge in [-0.3, -0.25) is 0 Å². The van der Waals surface area contributed by atoms with E-state index in [0.717, 1.165) is 16.7 Å². The van der Waals surface area contributed by atoms with Crippen molar-refractivity contribution in [2.75, 3.05) is 0 Å². The van der Waals surface area contributed by atoms with Gasteiger partial charge in [0.05, 0.1) is 5.75 Å². The zero-order valence-corrected chi connectivity index (χ0v) is 14.5. The maximum absolute atomic E-state index is 12.3. The Morgan fingerprint density at radius 1 is 1.14 bits per heavy atom. The summed E-state index contributed by atoms with van der Waals surface area (Å²) in [5.41, 5.74) is 3.90.